The lowest BCUT2D eigenvalue weighted by Crippen LogP contribution is -2.47. The van der Waals surface area contributed by atoms with Crippen molar-refractivity contribution in [1.82, 2.24) is 4.98 Å². The van der Waals surface area contributed by atoms with Crippen molar-refractivity contribution in [3.63, 3.8) is 0 Å². The Hall–Kier alpha value is -1.30. The summed E-state index contributed by atoms with van der Waals surface area (Å²) in [7, 11) is 0. The number of halogens is 1. The Balaban J connectivity index is 2.04. The minimum absolute atomic E-state index is 0.0731. The van der Waals surface area contributed by atoms with Crippen LogP contribution in [0.1, 0.15) is 12.8 Å². The van der Waals surface area contributed by atoms with E-state index >= 15 is 0 Å². The minimum atomic E-state index is -0.939. The quantitative estimate of drug-likeness (QED) is 0.865. The van der Waals surface area contributed by atoms with Crippen LogP contribution in [0.25, 0.3) is 0 Å². The summed E-state index contributed by atoms with van der Waals surface area (Å²) < 4.78 is 6.29. The number of ether oxygens (including phenoxy) is 1. The molecule has 1 aromatic heterocycles. The molecule has 0 spiro atoms. The van der Waals surface area contributed by atoms with Crippen LogP contribution in [-0.2, 0) is 0 Å². The highest BCUT2D eigenvalue weighted by molar-refractivity contribution is 9.10. The molecule has 1 N–H and O–H groups in total. The van der Waals surface area contributed by atoms with Crippen molar-refractivity contribution >= 4 is 27.7 Å². The molecule has 6 heteroatoms. The van der Waals surface area contributed by atoms with E-state index in [1.54, 1.807) is 12.3 Å². The maximum Gasteiger partial charge on any atom is 0.412 e. The molecule has 1 unspecified atom stereocenters. The van der Waals surface area contributed by atoms with Crippen LogP contribution < -0.4 is 9.64 Å². The number of carbonyl (C=O) groups is 1. The topological polar surface area (TPSA) is 62.7 Å². The Kier molecular flexibility index (Phi) is 2.47. The average Bonchev–Trinajstić information content (AvgIpc) is 3.10. The maximum atomic E-state index is 11.4. The number of nitrogens with zero attached hydrogens (tertiary/aromatic N) is 2. The van der Waals surface area contributed by atoms with E-state index in [1.807, 2.05) is 0 Å². The number of hydrogen-bond acceptors (Lipinski definition) is 3. The molecule has 0 aromatic carbocycles. The van der Waals surface area contributed by atoms with Gasteiger partial charge in [0, 0.05) is 10.7 Å². The molecule has 5 nitrogen and oxygen atoms in total. The average molecular weight is 299 g/mol. The number of pyridine rings is 1. The van der Waals surface area contributed by atoms with Gasteiger partial charge in [0.2, 0.25) is 5.88 Å². The van der Waals surface area contributed by atoms with Gasteiger partial charge < -0.3 is 9.84 Å². The van der Waals surface area contributed by atoms with Gasteiger partial charge in [-0.25, -0.2) is 9.78 Å². The molecule has 1 amide bonds. The van der Waals surface area contributed by atoms with E-state index in [0.717, 1.165) is 17.3 Å². The molecular weight excluding hydrogens is 288 g/mol. The van der Waals surface area contributed by atoms with E-state index in [4.69, 9.17) is 4.74 Å². The predicted octanol–water partition coefficient (Wildman–Crippen LogP) is 2.50. The first-order valence-corrected chi connectivity index (χ1v) is 6.26. The number of fused-ring (bicyclic) bond motifs is 1. The molecule has 1 aromatic rings. The monoisotopic (exact) mass is 298 g/mol. The van der Waals surface area contributed by atoms with Crippen molar-refractivity contribution in [2.45, 2.75) is 18.9 Å². The third-order valence-corrected chi connectivity index (χ3v) is 3.59. The summed E-state index contributed by atoms with van der Waals surface area (Å²) >= 11 is 3.30. The molecule has 1 aliphatic carbocycles. The number of anilines is 1. The van der Waals surface area contributed by atoms with E-state index in [2.05, 4.69) is 20.9 Å². The summed E-state index contributed by atoms with van der Waals surface area (Å²) in [6, 6.07) is 1.67. The van der Waals surface area contributed by atoms with E-state index in [1.165, 1.54) is 4.90 Å². The van der Waals surface area contributed by atoms with E-state index in [-0.39, 0.29) is 6.04 Å². The second-order valence-electron chi connectivity index (χ2n) is 4.35. The molecule has 1 aliphatic heterocycles. The largest absolute Gasteiger partial charge is 0.474 e. The molecule has 3 rings (SSSR count). The number of rotatable bonds is 1. The molecule has 0 radical (unpaired) electrons. The lowest BCUT2D eigenvalue weighted by atomic mass is 10.1. The summed E-state index contributed by atoms with van der Waals surface area (Å²) in [6.07, 6.45) is 2.82. The maximum absolute atomic E-state index is 11.4. The molecule has 2 aliphatic rings. The highest BCUT2D eigenvalue weighted by Gasteiger charge is 2.42. The Morgan fingerprint density at radius 2 is 2.35 bits per heavy atom. The summed E-state index contributed by atoms with van der Waals surface area (Å²) in [5.74, 6) is 0.825. The molecule has 1 atom stereocenters. The number of aromatic nitrogens is 1. The van der Waals surface area contributed by atoms with Crippen molar-refractivity contribution in [2.75, 3.05) is 11.5 Å². The molecule has 2 heterocycles. The Morgan fingerprint density at radius 1 is 1.59 bits per heavy atom. The first-order valence-electron chi connectivity index (χ1n) is 5.47. The van der Waals surface area contributed by atoms with Gasteiger partial charge in [-0.1, -0.05) is 0 Å². The predicted molar refractivity (Wildman–Crippen MR) is 64.4 cm³/mol. The third-order valence-electron chi connectivity index (χ3n) is 3.15. The van der Waals surface area contributed by atoms with Gasteiger partial charge in [0.05, 0.1) is 6.04 Å². The Morgan fingerprint density at radius 3 is 3.00 bits per heavy atom. The second-order valence-corrected chi connectivity index (χ2v) is 5.26. The van der Waals surface area contributed by atoms with Gasteiger partial charge in [-0.15, -0.1) is 0 Å². The zero-order valence-electron chi connectivity index (χ0n) is 8.97. The highest BCUT2D eigenvalue weighted by Crippen LogP contribution is 2.42. The van der Waals surface area contributed by atoms with Gasteiger partial charge in [0.25, 0.3) is 0 Å². The number of hydrogen-bond donors (Lipinski definition) is 1. The van der Waals surface area contributed by atoms with Crippen LogP contribution in [0.15, 0.2) is 16.7 Å². The van der Waals surface area contributed by atoms with Crippen LogP contribution in [0.2, 0.25) is 0 Å². The smallest absolute Gasteiger partial charge is 0.412 e. The summed E-state index contributed by atoms with van der Waals surface area (Å²) in [5.41, 5.74) is 0.537. The lowest BCUT2D eigenvalue weighted by Gasteiger charge is -2.34. The molecular formula is C11H11BrN2O3. The molecule has 1 saturated carbocycles. The summed E-state index contributed by atoms with van der Waals surface area (Å²) in [4.78, 5) is 16.9. The Bertz CT molecular complexity index is 476. The van der Waals surface area contributed by atoms with Crippen molar-refractivity contribution in [3.05, 3.63) is 16.7 Å². The fourth-order valence-electron chi connectivity index (χ4n) is 2.19. The Labute approximate surface area is 107 Å². The van der Waals surface area contributed by atoms with Crippen LogP contribution in [0.3, 0.4) is 0 Å². The van der Waals surface area contributed by atoms with Crippen molar-refractivity contribution < 1.29 is 14.6 Å². The molecule has 1 fully saturated rings. The van der Waals surface area contributed by atoms with Gasteiger partial charge in [0.1, 0.15) is 12.3 Å². The van der Waals surface area contributed by atoms with Crippen LogP contribution in [-0.4, -0.2) is 28.8 Å². The first-order chi connectivity index (χ1) is 8.16. The van der Waals surface area contributed by atoms with Gasteiger partial charge in [-0.05, 0) is 40.8 Å². The van der Waals surface area contributed by atoms with Gasteiger partial charge >= 0.3 is 6.09 Å². The number of carboxylic acid groups (broad SMARTS) is 1. The zero-order valence-corrected chi connectivity index (χ0v) is 10.6. The van der Waals surface area contributed by atoms with E-state index in [0.29, 0.717) is 24.1 Å². The molecule has 0 bridgehead atoms. The fourth-order valence-corrected chi connectivity index (χ4v) is 2.51. The van der Waals surface area contributed by atoms with Crippen molar-refractivity contribution in [3.8, 4) is 5.88 Å². The van der Waals surface area contributed by atoms with Crippen molar-refractivity contribution in [2.24, 2.45) is 5.92 Å². The second kappa shape index (κ2) is 3.87. The van der Waals surface area contributed by atoms with Gasteiger partial charge in [-0.2, -0.15) is 0 Å². The minimum Gasteiger partial charge on any atom is -0.474 e. The molecule has 0 saturated heterocycles. The summed E-state index contributed by atoms with van der Waals surface area (Å²) in [5, 5.41) is 9.35. The SMILES string of the molecule is O=C(O)N1c2cc(Br)cnc2OCC1C1CC1. The first kappa shape index (κ1) is 10.8. The van der Waals surface area contributed by atoms with Crippen LogP contribution >= 0.6 is 15.9 Å². The fraction of sp³-hybridized carbons (Fsp3) is 0.455. The van der Waals surface area contributed by atoms with Crippen LogP contribution in [0.5, 0.6) is 5.88 Å². The summed E-state index contributed by atoms with van der Waals surface area (Å²) in [6.45, 7) is 0.401. The highest BCUT2D eigenvalue weighted by atomic mass is 79.9. The number of amides is 1. The van der Waals surface area contributed by atoms with Crippen LogP contribution in [0.4, 0.5) is 10.5 Å². The standard InChI is InChI=1S/C11H11BrN2O3/c12-7-3-8-10(13-4-7)17-5-9(6-1-2-6)14(8)11(15)16/h3-4,6,9H,1-2,5H2,(H,15,16). The van der Waals surface area contributed by atoms with E-state index < -0.39 is 6.09 Å². The lowest BCUT2D eigenvalue weighted by molar-refractivity contribution is 0.182. The normalized spacial score (nSPS) is 22.9. The van der Waals surface area contributed by atoms with Gasteiger partial charge in [-0.3, -0.25) is 4.90 Å². The van der Waals surface area contributed by atoms with Gasteiger partial charge in [0.15, 0.2) is 0 Å². The molecule has 17 heavy (non-hydrogen) atoms. The third kappa shape index (κ3) is 1.86. The molecule has 90 valence electrons. The zero-order chi connectivity index (χ0) is 12.0. The van der Waals surface area contributed by atoms with E-state index in [9.17, 15) is 9.90 Å². The van der Waals surface area contributed by atoms with Crippen LogP contribution in [0, 0.1) is 5.92 Å². The van der Waals surface area contributed by atoms with Crippen molar-refractivity contribution in [1.29, 1.82) is 0 Å².